The molecule has 0 aromatic heterocycles. The molecule has 0 aromatic carbocycles. The molecule has 5 unspecified atom stereocenters. The molecule has 0 aliphatic heterocycles. The van der Waals surface area contributed by atoms with Gasteiger partial charge in [-0.15, -0.1) is 0 Å². The Kier molecular flexibility index (Phi) is 1.90. The molecule has 0 heterocycles. The summed E-state index contributed by atoms with van der Waals surface area (Å²) in [6, 6.07) is 0.550. The highest BCUT2D eigenvalue weighted by Crippen LogP contribution is 2.52. The Morgan fingerprint density at radius 1 is 0.769 bits per heavy atom. The fourth-order valence-corrected chi connectivity index (χ4v) is 3.79. The van der Waals surface area contributed by atoms with Crippen LogP contribution in [0.5, 0.6) is 0 Å². The Hall–Kier alpha value is -0.0400. The summed E-state index contributed by atoms with van der Waals surface area (Å²) in [5, 5.41) is 0. The molecule has 0 radical (unpaired) electrons. The summed E-state index contributed by atoms with van der Waals surface area (Å²) in [5.74, 6) is 4.10. The molecular weight excluding hydrogens is 158 g/mol. The zero-order valence-corrected chi connectivity index (χ0v) is 8.41. The SMILES string of the molecule is NC1CC2CCCC1CC1CC1C2. The van der Waals surface area contributed by atoms with E-state index in [-0.39, 0.29) is 0 Å². The average Bonchev–Trinajstić information content (AvgIpc) is 2.80. The Morgan fingerprint density at radius 2 is 1.54 bits per heavy atom. The lowest BCUT2D eigenvalue weighted by Gasteiger charge is -2.25. The standard InChI is InChI=1S/C12H21N/c13-12-5-8-2-1-3-9(12)6-11-7-10(11)4-8/h8-12H,1-7,13H2. The van der Waals surface area contributed by atoms with Crippen molar-refractivity contribution in [2.45, 2.75) is 51.0 Å². The van der Waals surface area contributed by atoms with Crippen LogP contribution in [0, 0.1) is 23.7 Å². The van der Waals surface area contributed by atoms with Crippen LogP contribution in [0.15, 0.2) is 0 Å². The lowest BCUT2D eigenvalue weighted by molar-refractivity contribution is 0.292. The molecule has 1 heteroatoms. The molecule has 0 saturated heterocycles. The van der Waals surface area contributed by atoms with Crippen molar-refractivity contribution in [3.05, 3.63) is 0 Å². The second kappa shape index (κ2) is 2.98. The van der Waals surface area contributed by atoms with E-state index in [1.165, 1.54) is 38.5 Å². The Morgan fingerprint density at radius 3 is 2.46 bits per heavy atom. The van der Waals surface area contributed by atoms with Crippen molar-refractivity contribution in [1.29, 1.82) is 0 Å². The zero-order valence-electron chi connectivity index (χ0n) is 8.41. The largest absolute Gasteiger partial charge is 0.327 e. The van der Waals surface area contributed by atoms with Gasteiger partial charge in [-0.2, -0.15) is 0 Å². The summed E-state index contributed by atoms with van der Waals surface area (Å²) in [4.78, 5) is 0. The van der Waals surface area contributed by atoms with Gasteiger partial charge in [0.15, 0.2) is 0 Å². The van der Waals surface area contributed by atoms with Gasteiger partial charge >= 0.3 is 0 Å². The van der Waals surface area contributed by atoms with E-state index in [1.54, 1.807) is 6.42 Å². The molecule has 1 nitrogen and oxygen atoms in total. The summed E-state index contributed by atoms with van der Waals surface area (Å²) in [6.07, 6.45) is 10.2. The highest BCUT2D eigenvalue weighted by Gasteiger charge is 2.43. The molecule has 3 aliphatic carbocycles. The molecule has 2 bridgehead atoms. The molecule has 5 atom stereocenters. The Bertz CT molecular complexity index is 201. The summed E-state index contributed by atoms with van der Waals surface area (Å²) in [7, 11) is 0. The monoisotopic (exact) mass is 179 g/mol. The number of fused-ring (bicyclic) bond motifs is 4. The van der Waals surface area contributed by atoms with Gasteiger partial charge in [-0.25, -0.2) is 0 Å². The molecule has 3 aliphatic rings. The van der Waals surface area contributed by atoms with Crippen LogP contribution in [-0.2, 0) is 0 Å². The molecule has 74 valence electrons. The summed E-state index contributed by atoms with van der Waals surface area (Å²) in [6.45, 7) is 0. The lowest BCUT2D eigenvalue weighted by Crippen LogP contribution is -2.32. The van der Waals surface area contributed by atoms with E-state index in [1.807, 2.05) is 0 Å². The van der Waals surface area contributed by atoms with E-state index in [0.29, 0.717) is 6.04 Å². The van der Waals surface area contributed by atoms with Gasteiger partial charge < -0.3 is 5.73 Å². The molecule has 2 N–H and O–H groups in total. The first kappa shape index (κ1) is 8.28. The third-order valence-electron chi connectivity index (χ3n) is 4.71. The normalized spacial score (nSPS) is 54.7. The molecule has 0 amide bonds. The fraction of sp³-hybridized carbons (Fsp3) is 1.00. The van der Waals surface area contributed by atoms with Crippen molar-refractivity contribution in [1.82, 2.24) is 0 Å². The highest BCUT2D eigenvalue weighted by atomic mass is 14.7. The van der Waals surface area contributed by atoms with E-state index < -0.39 is 0 Å². The first-order valence-electron chi connectivity index (χ1n) is 6.08. The minimum absolute atomic E-state index is 0.550. The number of rotatable bonds is 0. The maximum Gasteiger partial charge on any atom is 0.00699 e. The zero-order chi connectivity index (χ0) is 8.84. The number of hydrogen-bond donors (Lipinski definition) is 1. The first-order valence-corrected chi connectivity index (χ1v) is 6.08. The Labute approximate surface area is 81.1 Å². The van der Waals surface area contributed by atoms with Crippen molar-refractivity contribution < 1.29 is 0 Å². The highest BCUT2D eigenvalue weighted by molar-refractivity contribution is 4.95. The Balaban J connectivity index is 1.80. The van der Waals surface area contributed by atoms with Gasteiger partial charge in [0.2, 0.25) is 0 Å². The van der Waals surface area contributed by atoms with Crippen molar-refractivity contribution >= 4 is 0 Å². The minimum Gasteiger partial charge on any atom is -0.327 e. The van der Waals surface area contributed by atoms with Crippen LogP contribution in [0.1, 0.15) is 44.9 Å². The van der Waals surface area contributed by atoms with Crippen LogP contribution in [-0.4, -0.2) is 6.04 Å². The van der Waals surface area contributed by atoms with Crippen molar-refractivity contribution in [3.63, 3.8) is 0 Å². The molecule has 0 aromatic rings. The second-order valence-corrected chi connectivity index (χ2v) is 5.68. The van der Waals surface area contributed by atoms with Crippen LogP contribution >= 0.6 is 0 Å². The van der Waals surface area contributed by atoms with Gasteiger partial charge in [0.05, 0.1) is 0 Å². The fourth-order valence-electron chi connectivity index (χ4n) is 3.79. The lowest BCUT2D eigenvalue weighted by atomic mass is 9.84. The maximum absolute atomic E-state index is 6.27. The van der Waals surface area contributed by atoms with Crippen LogP contribution in [0.4, 0.5) is 0 Å². The molecule has 3 saturated carbocycles. The van der Waals surface area contributed by atoms with Crippen LogP contribution in [0.2, 0.25) is 0 Å². The molecule has 0 spiro atoms. The third-order valence-corrected chi connectivity index (χ3v) is 4.71. The van der Waals surface area contributed by atoms with Crippen molar-refractivity contribution in [3.8, 4) is 0 Å². The van der Waals surface area contributed by atoms with Gasteiger partial charge in [0, 0.05) is 6.04 Å². The van der Waals surface area contributed by atoms with Gasteiger partial charge in [-0.05, 0) is 55.8 Å². The molecule has 3 rings (SSSR count). The minimum atomic E-state index is 0.550. The average molecular weight is 179 g/mol. The van der Waals surface area contributed by atoms with E-state index in [0.717, 1.165) is 23.7 Å². The van der Waals surface area contributed by atoms with Crippen molar-refractivity contribution in [2.24, 2.45) is 29.4 Å². The van der Waals surface area contributed by atoms with Crippen LogP contribution in [0.3, 0.4) is 0 Å². The van der Waals surface area contributed by atoms with Gasteiger partial charge in [0.1, 0.15) is 0 Å². The molecule has 3 fully saturated rings. The first-order chi connectivity index (χ1) is 6.33. The maximum atomic E-state index is 6.27. The summed E-state index contributed by atoms with van der Waals surface area (Å²) >= 11 is 0. The van der Waals surface area contributed by atoms with E-state index in [4.69, 9.17) is 5.73 Å². The third kappa shape index (κ3) is 1.52. The van der Waals surface area contributed by atoms with Gasteiger partial charge in [-0.3, -0.25) is 0 Å². The molecular formula is C12H21N. The second-order valence-electron chi connectivity index (χ2n) is 5.68. The van der Waals surface area contributed by atoms with Gasteiger partial charge in [0.25, 0.3) is 0 Å². The van der Waals surface area contributed by atoms with Crippen molar-refractivity contribution in [2.75, 3.05) is 0 Å². The van der Waals surface area contributed by atoms with Gasteiger partial charge in [-0.1, -0.05) is 12.8 Å². The van der Waals surface area contributed by atoms with Crippen LogP contribution in [0.25, 0.3) is 0 Å². The smallest absolute Gasteiger partial charge is 0.00699 e. The van der Waals surface area contributed by atoms with E-state index in [9.17, 15) is 0 Å². The summed E-state index contributed by atoms with van der Waals surface area (Å²) in [5.41, 5.74) is 6.27. The van der Waals surface area contributed by atoms with E-state index >= 15 is 0 Å². The van der Waals surface area contributed by atoms with Crippen LogP contribution < -0.4 is 5.73 Å². The quantitative estimate of drug-likeness (QED) is 0.607. The number of nitrogens with two attached hydrogens (primary N) is 1. The topological polar surface area (TPSA) is 26.0 Å². The molecule has 13 heavy (non-hydrogen) atoms. The van der Waals surface area contributed by atoms with E-state index in [2.05, 4.69) is 0 Å². The summed E-state index contributed by atoms with van der Waals surface area (Å²) < 4.78 is 0. The predicted molar refractivity (Wildman–Crippen MR) is 54.3 cm³/mol. The predicted octanol–water partition coefficient (Wildman–Crippen LogP) is 2.55. The number of hydrogen-bond acceptors (Lipinski definition) is 1.